The quantitative estimate of drug-likeness (QED) is 0.829. The Morgan fingerprint density at radius 1 is 1.37 bits per heavy atom. The van der Waals surface area contributed by atoms with Gasteiger partial charge >= 0.3 is 0 Å². The molecule has 0 amide bonds. The van der Waals surface area contributed by atoms with Crippen LogP contribution in [0, 0.1) is 0 Å². The molecule has 1 aromatic rings. The molecule has 0 saturated carbocycles. The van der Waals surface area contributed by atoms with Crippen LogP contribution in [0.3, 0.4) is 0 Å². The van der Waals surface area contributed by atoms with Crippen LogP contribution in [0.15, 0.2) is 18.2 Å². The summed E-state index contributed by atoms with van der Waals surface area (Å²) in [5, 5.41) is 0. The van der Waals surface area contributed by atoms with Gasteiger partial charge in [-0.15, -0.1) is 0 Å². The molecule has 0 spiro atoms. The van der Waals surface area contributed by atoms with E-state index in [0.717, 1.165) is 49.6 Å². The van der Waals surface area contributed by atoms with Crippen molar-refractivity contribution in [2.45, 2.75) is 32.4 Å². The Balaban J connectivity index is 2.05. The fourth-order valence-electron chi connectivity index (χ4n) is 2.54. The van der Waals surface area contributed by atoms with Gasteiger partial charge in [0.25, 0.3) is 0 Å². The molecule has 2 N–H and O–H groups in total. The van der Waals surface area contributed by atoms with E-state index in [2.05, 4.69) is 11.9 Å². The summed E-state index contributed by atoms with van der Waals surface area (Å²) in [6, 6.07) is 6.46. The molecule has 1 aliphatic rings. The summed E-state index contributed by atoms with van der Waals surface area (Å²) >= 11 is 0. The van der Waals surface area contributed by atoms with Gasteiger partial charge in [-0.1, -0.05) is 0 Å². The van der Waals surface area contributed by atoms with E-state index in [1.54, 1.807) is 0 Å². The third kappa shape index (κ3) is 3.85. The second kappa shape index (κ2) is 6.78. The van der Waals surface area contributed by atoms with Gasteiger partial charge in [-0.05, 0) is 45.0 Å². The Bertz CT molecular complexity index is 403. The zero-order valence-electron chi connectivity index (χ0n) is 11.9. The summed E-state index contributed by atoms with van der Waals surface area (Å²) < 4.78 is 11.1. The molecule has 0 atom stereocenters. The topological polar surface area (TPSA) is 47.7 Å². The normalized spacial score (nSPS) is 16.8. The van der Waals surface area contributed by atoms with Crippen molar-refractivity contribution in [1.82, 2.24) is 4.90 Å². The van der Waals surface area contributed by atoms with Crippen LogP contribution in [0.5, 0.6) is 5.75 Å². The second-order valence-corrected chi connectivity index (χ2v) is 5.06. The van der Waals surface area contributed by atoms with E-state index in [4.69, 9.17) is 15.2 Å². The van der Waals surface area contributed by atoms with Crippen LogP contribution in [0.1, 0.15) is 25.3 Å². The molecule has 1 aliphatic heterocycles. The number of rotatable bonds is 5. The third-order valence-corrected chi connectivity index (χ3v) is 3.62. The minimum absolute atomic E-state index is 0.588. The number of hydrogen-bond acceptors (Lipinski definition) is 4. The Kier molecular flexibility index (Phi) is 5.05. The Labute approximate surface area is 115 Å². The fourth-order valence-corrected chi connectivity index (χ4v) is 2.54. The largest absolute Gasteiger partial charge is 0.494 e. The van der Waals surface area contributed by atoms with Gasteiger partial charge in [-0.2, -0.15) is 0 Å². The molecule has 2 rings (SSSR count). The highest BCUT2D eigenvalue weighted by Gasteiger charge is 2.19. The van der Waals surface area contributed by atoms with Crippen molar-refractivity contribution in [2.24, 2.45) is 0 Å². The molecule has 1 aromatic carbocycles. The maximum atomic E-state index is 5.88. The molecular weight excluding hydrogens is 240 g/mol. The summed E-state index contributed by atoms with van der Waals surface area (Å²) in [4.78, 5) is 2.37. The van der Waals surface area contributed by atoms with Gasteiger partial charge in [0.2, 0.25) is 0 Å². The lowest BCUT2D eigenvalue weighted by Crippen LogP contribution is -2.36. The molecule has 0 radical (unpaired) electrons. The zero-order valence-corrected chi connectivity index (χ0v) is 11.9. The number of ether oxygens (including phenoxy) is 2. The first-order valence-electron chi connectivity index (χ1n) is 7.00. The first-order chi connectivity index (χ1) is 9.20. The van der Waals surface area contributed by atoms with Gasteiger partial charge in [0.15, 0.2) is 0 Å². The molecule has 4 nitrogen and oxygen atoms in total. The van der Waals surface area contributed by atoms with E-state index < -0.39 is 0 Å². The Morgan fingerprint density at radius 2 is 2.11 bits per heavy atom. The van der Waals surface area contributed by atoms with Crippen molar-refractivity contribution in [3.8, 4) is 5.75 Å². The summed E-state index contributed by atoms with van der Waals surface area (Å²) in [5.41, 5.74) is 7.84. The van der Waals surface area contributed by atoms with Crippen molar-refractivity contribution in [3.63, 3.8) is 0 Å². The number of nitrogens with zero attached hydrogens (tertiary/aromatic N) is 1. The minimum Gasteiger partial charge on any atom is -0.494 e. The van der Waals surface area contributed by atoms with Crippen molar-refractivity contribution in [3.05, 3.63) is 23.8 Å². The summed E-state index contributed by atoms with van der Waals surface area (Å²) in [6.45, 7) is 5.28. The zero-order chi connectivity index (χ0) is 13.7. The van der Waals surface area contributed by atoms with Gasteiger partial charge in [0.05, 0.1) is 6.61 Å². The summed E-state index contributed by atoms with van der Waals surface area (Å²) in [5.74, 6) is 0.940. The Morgan fingerprint density at radius 3 is 2.79 bits per heavy atom. The molecule has 0 aromatic heterocycles. The van der Waals surface area contributed by atoms with Crippen molar-refractivity contribution in [1.29, 1.82) is 0 Å². The predicted octanol–water partition coefficient (Wildman–Crippen LogP) is 2.28. The first-order valence-corrected chi connectivity index (χ1v) is 7.00. The molecule has 106 valence electrons. The van der Waals surface area contributed by atoms with Crippen LogP contribution in [-0.4, -0.2) is 37.8 Å². The molecule has 19 heavy (non-hydrogen) atoms. The highest BCUT2D eigenvalue weighted by Crippen LogP contribution is 2.24. The van der Waals surface area contributed by atoms with Crippen LogP contribution >= 0.6 is 0 Å². The van der Waals surface area contributed by atoms with Gasteiger partial charge in [0, 0.05) is 37.1 Å². The second-order valence-electron chi connectivity index (χ2n) is 5.06. The van der Waals surface area contributed by atoms with E-state index in [-0.39, 0.29) is 0 Å². The number of hydrogen-bond donors (Lipinski definition) is 1. The minimum atomic E-state index is 0.588. The molecular formula is C15H24N2O2. The van der Waals surface area contributed by atoms with Gasteiger partial charge < -0.3 is 15.2 Å². The van der Waals surface area contributed by atoms with Gasteiger partial charge in [-0.3, -0.25) is 4.90 Å². The smallest absolute Gasteiger partial charge is 0.123 e. The monoisotopic (exact) mass is 264 g/mol. The van der Waals surface area contributed by atoms with Crippen LogP contribution in [-0.2, 0) is 11.3 Å². The van der Waals surface area contributed by atoms with Crippen LogP contribution in [0.2, 0.25) is 0 Å². The number of nitrogen functional groups attached to an aromatic ring is 1. The number of benzene rings is 1. The van der Waals surface area contributed by atoms with E-state index in [9.17, 15) is 0 Å². The molecule has 0 aliphatic carbocycles. The Hall–Kier alpha value is -1.26. The third-order valence-electron chi connectivity index (χ3n) is 3.62. The highest BCUT2D eigenvalue weighted by molar-refractivity contribution is 5.47. The van der Waals surface area contributed by atoms with Gasteiger partial charge in [-0.25, -0.2) is 0 Å². The van der Waals surface area contributed by atoms with E-state index in [1.165, 1.54) is 0 Å². The standard InChI is InChI=1S/C15H24N2O2/c1-3-19-15-5-4-13(16)10-12(15)11-17(2)14-6-8-18-9-7-14/h4-5,10,14H,3,6-9,11,16H2,1-2H3. The van der Waals surface area contributed by atoms with Crippen molar-refractivity contribution < 1.29 is 9.47 Å². The fraction of sp³-hybridized carbons (Fsp3) is 0.600. The SMILES string of the molecule is CCOc1ccc(N)cc1CN(C)C1CCOCC1. The highest BCUT2D eigenvalue weighted by atomic mass is 16.5. The summed E-state index contributed by atoms with van der Waals surface area (Å²) in [7, 11) is 2.16. The average molecular weight is 264 g/mol. The molecule has 1 fully saturated rings. The van der Waals surface area contributed by atoms with Crippen LogP contribution in [0.4, 0.5) is 5.69 Å². The van der Waals surface area contributed by atoms with Crippen molar-refractivity contribution >= 4 is 5.69 Å². The molecule has 0 bridgehead atoms. The maximum Gasteiger partial charge on any atom is 0.123 e. The molecule has 1 saturated heterocycles. The van der Waals surface area contributed by atoms with Crippen LogP contribution < -0.4 is 10.5 Å². The number of nitrogens with two attached hydrogens (primary N) is 1. The molecule has 0 unspecified atom stereocenters. The first kappa shape index (κ1) is 14.2. The summed E-state index contributed by atoms with van der Waals surface area (Å²) in [6.07, 6.45) is 2.20. The maximum absolute atomic E-state index is 5.88. The van der Waals surface area contributed by atoms with E-state index in [0.29, 0.717) is 12.6 Å². The lowest BCUT2D eigenvalue weighted by molar-refractivity contribution is 0.0404. The number of anilines is 1. The lowest BCUT2D eigenvalue weighted by Gasteiger charge is -2.31. The predicted molar refractivity (Wildman–Crippen MR) is 77.3 cm³/mol. The van der Waals surface area contributed by atoms with Gasteiger partial charge in [0.1, 0.15) is 5.75 Å². The average Bonchev–Trinajstić information content (AvgIpc) is 2.43. The van der Waals surface area contributed by atoms with Crippen LogP contribution in [0.25, 0.3) is 0 Å². The molecule has 4 heteroatoms. The van der Waals surface area contributed by atoms with E-state index >= 15 is 0 Å². The van der Waals surface area contributed by atoms with E-state index in [1.807, 2.05) is 25.1 Å². The van der Waals surface area contributed by atoms with Crippen molar-refractivity contribution in [2.75, 3.05) is 32.6 Å². The molecule has 1 heterocycles. The lowest BCUT2D eigenvalue weighted by atomic mass is 10.1.